The van der Waals surface area contributed by atoms with Gasteiger partial charge in [-0.25, -0.2) is 5.43 Å². The van der Waals surface area contributed by atoms with Crippen LogP contribution in [0.2, 0.25) is 0 Å². The Bertz CT molecular complexity index is 745. The van der Waals surface area contributed by atoms with E-state index in [-0.39, 0.29) is 17.7 Å². The topological polar surface area (TPSA) is 70.6 Å². The molecular formula is C20H23N3O2. The molecule has 0 aliphatic heterocycles. The molecule has 2 N–H and O–H groups in total. The Balaban J connectivity index is 1.81. The molecule has 2 rings (SSSR count). The minimum Gasteiger partial charge on any atom is -0.326 e. The fourth-order valence-corrected chi connectivity index (χ4v) is 2.16. The first-order chi connectivity index (χ1) is 11.8. The van der Waals surface area contributed by atoms with E-state index >= 15 is 0 Å². The molecule has 0 aliphatic rings. The Morgan fingerprint density at radius 3 is 2.20 bits per heavy atom. The Morgan fingerprint density at radius 2 is 1.60 bits per heavy atom. The zero-order chi connectivity index (χ0) is 18.3. The van der Waals surface area contributed by atoms with Gasteiger partial charge in [-0.3, -0.25) is 9.59 Å². The molecule has 0 saturated carbocycles. The third-order valence-electron chi connectivity index (χ3n) is 3.56. The quantitative estimate of drug-likeness (QED) is 0.498. The van der Waals surface area contributed by atoms with Crippen molar-refractivity contribution in [2.24, 2.45) is 5.10 Å². The van der Waals surface area contributed by atoms with Gasteiger partial charge in [0.25, 0.3) is 0 Å². The summed E-state index contributed by atoms with van der Waals surface area (Å²) in [5.41, 5.74) is 5.22. The van der Waals surface area contributed by atoms with Crippen LogP contribution >= 0.6 is 0 Å². The molecule has 0 fully saturated rings. The predicted molar refractivity (Wildman–Crippen MR) is 101 cm³/mol. The highest BCUT2D eigenvalue weighted by atomic mass is 16.2. The molecule has 25 heavy (non-hydrogen) atoms. The van der Waals surface area contributed by atoms with Gasteiger partial charge in [0.2, 0.25) is 11.8 Å². The Kier molecular flexibility index (Phi) is 6.06. The lowest BCUT2D eigenvalue weighted by Crippen LogP contribution is -2.24. The van der Waals surface area contributed by atoms with Crippen LogP contribution in [0, 0.1) is 0 Å². The average molecular weight is 337 g/mol. The number of carbonyl (C=O) groups is 2. The zero-order valence-corrected chi connectivity index (χ0v) is 14.7. The summed E-state index contributed by atoms with van der Waals surface area (Å²) in [5, 5.41) is 6.54. The number of nitrogens with one attached hydrogen (secondary N) is 2. The number of hydrogen-bond acceptors (Lipinski definition) is 3. The van der Waals surface area contributed by atoms with E-state index in [4.69, 9.17) is 0 Å². The molecule has 130 valence electrons. The van der Waals surface area contributed by atoms with Crippen molar-refractivity contribution in [2.75, 3.05) is 5.32 Å². The lowest BCUT2D eigenvalue weighted by Gasteiger charge is -2.18. The van der Waals surface area contributed by atoms with E-state index in [9.17, 15) is 9.59 Å². The minimum absolute atomic E-state index is 0.0933. The maximum atomic E-state index is 11.8. The molecule has 2 aromatic rings. The molecule has 2 aromatic carbocycles. The molecule has 0 unspecified atom stereocenters. The number of carbonyl (C=O) groups excluding carboxylic acids is 2. The van der Waals surface area contributed by atoms with E-state index < -0.39 is 5.91 Å². The van der Waals surface area contributed by atoms with Crippen LogP contribution in [0.3, 0.4) is 0 Å². The molecule has 0 aliphatic carbocycles. The number of rotatable bonds is 5. The van der Waals surface area contributed by atoms with Gasteiger partial charge in [0.05, 0.1) is 6.21 Å². The maximum absolute atomic E-state index is 11.8. The molecule has 5 heteroatoms. The van der Waals surface area contributed by atoms with Gasteiger partial charge in [-0.15, -0.1) is 0 Å². The first kappa shape index (κ1) is 18.4. The van der Waals surface area contributed by atoms with Crippen molar-refractivity contribution in [3.8, 4) is 0 Å². The molecule has 0 spiro atoms. The lowest BCUT2D eigenvalue weighted by atomic mass is 9.87. The van der Waals surface area contributed by atoms with Crippen molar-refractivity contribution in [3.05, 3.63) is 65.7 Å². The van der Waals surface area contributed by atoms with Gasteiger partial charge < -0.3 is 5.32 Å². The number of hydrazone groups is 1. The van der Waals surface area contributed by atoms with E-state index in [1.54, 1.807) is 18.3 Å². The number of amides is 2. The predicted octanol–water partition coefficient (Wildman–Crippen LogP) is 3.46. The highest BCUT2D eigenvalue weighted by Crippen LogP contribution is 2.21. The van der Waals surface area contributed by atoms with Crippen molar-refractivity contribution in [1.29, 1.82) is 0 Å². The van der Waals surface area contributed by atoms with E-state index in [0.29, 0.717) is 5.69 Å². The van der Waals surface area contributed by atoms with Crippen LogP contribution in [-0.4, -0.2) is 18.0 Å². The van der Waals surface area contributed by atoms with Crippen LogP contribution < -0.4 is 10.7 Å². The fourth-order valence-electron chi connectivity index (χ4n) is 2.16. The smallest absolute Gasteiger partial charge is 0.249 e. The van der Waals surface area contributed by atoms with Crippen molar-refractivity contribution in [2.45, 2.75) is 32.6 Å². The van der Waals surface area contributed by atoms with Gasteiger partial charge in [0, 0.05) is 5.69 Å². The largest absolute Gasteiger partial charge is 0.326 e. The number of anilines is 1. The summed E-state index contributed by atoms with van der Waals surface area (Å²) in [6, 6.07) is 17.0. The fraction of sp³-hybridized carbons (Fsp3) is 0.250. The number of benzene rings is 2. The summed E-state index contributed by atoms with van der Waals surface area (Å²) < 4.78 is 0. The number of para-hydroxylation sites is 1. The summed E-state index contributed by atoms with van der Waals surface area (Å²) in [5.74, 6) is -0.843. The van der Waals surface area contributed by atoms with Crippen LogP contribution in [0.5, 0.6) is 0 Å². The highest BCUT2D eigenvalue weighted by molar-refractivity contribution is 6.03. The zero-order valence-electron chi connectivity index (χ0n) is 14.7. The van der Waals surface area contributed by atoms with Gasteiger partial charge in [0.1, 0.15) is 6.42 Å². The SMILES string of the molecule is CC(C)(C)c1ccc(C=NNC(=O)CC(=O)Nc2ccccc2)cc1. The molecule has 0 aromatic heterocycles. The van der Waals surface area contributed by atoms with Crippen LogP contribution in [0.25, 0.3) is 0 Å². The van der Waals surface area contributed by atoms with E-state index in [0.717, 1.165) is 5.56 Å². The monoisotopic (exact) mass is 337 g/mol. The summed E-state index contributed by atoms with van der Waals surface area (Å²) in [6.07, 6.45) is 1.27. The normalized spacial score (nSPS) is 11.3. The Hall–Kier alpha value is -2.95. The second-order valence-electron chi connectivity index (χ2n) is 6.76. The second kappa shape index (κ2) is 8.24. The van der Waals surface area contributed by atoms with Crippen LogP contribution in [0.4, 0.5) is 5.69 Å². The molecular weight excluding hydrogens is 314 g/mol. The molecule has 2 amide bonds. The minimum atomic E-state index is -0.462. The van der Waals surface area contributed by atoms with Gasteiger partial charge in [0.15, 0.2) is 0 Å². The van der Waals surface area contributed by atoms with Crippen LogP contribution in [0.15, 0.2) is 59.7 Å². The maximum Gasteiger partial charge on any atom is 0.249 e. The van der Waals surface area contributed by atoms with Crippen molar-refractivity contribution >= 4 is 23.7 Å². The first-order valence-electron chi connectivity index (χ1n) is 8.12. The van der Waals surface area contributed by atoms with E-state index in [1.807, 2.05) is 42.5 Å². The van der Waals surface area contributed by atoms with Crippen molar-refractivity contribution in [3.63, 3.8) is 0 Å². The molecule has 0 saturated heterocycles. The van der Waals surface area contributed by atoms with Crippen molar-refractivity contribution in [1.82, 2.24) is 5.43 Å². The lowest BCUT2D eigenvalue weighted by molar-refractivity contribution is -0.126. The molecule has 5 nitrogen and oxygen atoms in total. The van der Waals surface area contributed by atoms with Crippen molar-refractivity contribution < 1.29 is 9.59 Å². The standard InChI is InChI=1S/C20H23N3O2/c1-20(2,3)16-11-9-15(10-12-16)14-21-23-19(25)13-18(24)22-17-7-5-4-6-8-17/h4-12,14H,13H2,1-3H3,(H,22,24)(H,23,25). The highest BCUT2D eigenvalue weighted by Gasteiger charge is 2.12. The Labute approximate surface area is 148 Å². The average Bonchev–Trinajstić information content (AvgIpc) is 2.55. The summed E-state index contributed by atoms with van der Waals surface area (Å²) in [6.45, 7) is 6.45. The molecule has 0 atom stereocenters. The van der Waals surface area contributed by atoms with Gasteiger partial charge in [-0.2, -0.15) is 5.10 Å². The molecule has 0 bridgehead atoms. The van der Waals surface area contributed by atoms with Gasteiger partial charge in [-0.05, 0) is 28.7 Å². The summed E-state index contributed by atoms with van der Waals surface area (Å²) in [7, 11) is 0. The summed E-state index contributed by atoms with van der Waals surface area (Å²) >= 11 is 0. The number of nitrogens with zero attached hydrogens (tertiary/aromatic N) is 1. The summed E-state index contributed by atoms with van der Waals surface area (Å²) in [4.78, 5) is 23.5. The third kappa shape index (κ3) is 6.22. The second-order valence-corrected chi connectivity index (χ2v) is 6.76. The van der Waals surface area contributed by atoms with Crippen LogP contribution in [-0.2, 0) is 15.0 Å². The van der Waals surface area contributed by atoms with Gasteiger partial charge in [-0.1, -0.05) is 63.2 Å². The molecule has 0 radical (unpaired) electrons. The third-order valence-corrected chi connectivity index (χ3v) is 3.56. The van der Waals surface area contributed by atoms with Crippen LogP contribution in [0.1, 0.15) is 38.3 Å². The Morgan fingerprint density at radius 1 is 0.960 bits per heavy atom. The van der Waals surface area contributed by atoms with E-state index in [1.165, 1.54) is 5.56 Å². The molecule has 0 heterocycles. The van der Waals surface area contributed by atoms with E-state index in [2.05, 4.69) is 36.6 Å². The number of hydrogen-bond donors (Lipinski definition) is 2. The van der Waals surface area contributed by atoms with Gasteiger partial charge >= 0.3 is 0 Å². The first-order valence-corrected chi connectivity index (χ1v) is 8.12.